The zero-order valence-corrected chi connectivity index (χ0v) is 12.4. The molecule has 2 aromatic rings. The minimum absolute atomic E-state index is 0.301. The summed E-state index contributed by atoms with van der Waals surface area (Å²) in [7, 11) is 0. The third-order valence-electron chi connectivity index (χ3n) is 2.79. The Morgan fingerprint density at radius 2 is 2.09 bits per heavy atom. The monoisotopic (exact) mass is 301 g/mol. The van der Waals surface area contributed by atoms with Gasteiger partial charge in [0.25, 0.3) is 0 Å². The Bertz CT molecular complexity index is 615. The zero-order valence-electron chi connectivity index (χ0n) is 12.4. The molecule has 0 saturated heterocycles. The molecule has 0 spiro atoms. The van der Waals surface area contributed by atoms with Crippen LogP contribution in [-0.4, -0.2) is 28.7 Å². The van der Waals surface area contributed by atoms with Crippen LogP contribution >= 0.6 is 0 Å². The molecule has 6 heteroatoms. The molecule has 0 fully saturated rings. The van der Waals surface area contributed by atoms with Crippen LogP contribution in [0.1, 0.15) is 13.3 Å². The number of nitrogens with zero attached hydrogens (tertiary/aromatic N) is 2. The number of rotatable bonds is 7. The molecule has 0 bridgehead atoms. The standard InChI is InChI=1S/C16H19N3O3/c1-13(17)11-16(20)22-10-2-9-21-15-5-3-14(4-6-15)19-8-7-18-12-19/h3-8,11-12H,2,9-10,17H2,1H3/b13-11-. The van der Waals surface area contributed by atoms with Crippen LogP contribution < -0.4 is 10.5 Å². The van der Waals surface area contributed by atoms with Crippen LogP contribution in [0.4, 0.5) is 0 Å². The second-order valence-electron chi connectivity index (χ2n) is 4.72. The third-order valence-corrected chi connectivity index (χ3v) is 2.79. The molecule has 22 heavy (non-hydrogen) atoms. The molecule has 0 aliphatic rings. The van der Waals surface area contributed by atoms with Gasteiger partial charge in [0, 0.05) is 36.3 Å². The maximum atomic E-state index is 11.2. The number of ether oxygens (including phenoxy) is 2. The summed E-state index contributed by atoms with van der Waals surface area (Å²) < 4.78 is 12.5. The second-order valence-corrected chi connectivity index (χ2v) is 4.72. The number of benzene rings is 1. The number of hydrogen-bond acceptors (Lipinski definition) is 5. The van der Waals surface area contributed by atoms with Crippen molar-refractivity contribution in [1.82, 2.24) is 9.55 Å². The predicted octanol–water partition coefficient (Wildman–Crippen LogP) is 2.05. The summed E-state index contributed by atoms with van der Waals surface area (Å²) in [6.07, 6.45) is 7.22. The lowest BCUT2D eigenvalue weighted by Gasteiger charge is -2.08. The van der Waals surface area contributed by atoms with Crippen molar-refractivity contribution in [3.63, 3.8) is 0 Å². The Morgan fingerprint density at radius 3 is 2.73 bits per heavy atom. The summed E-state index contributed by atoms with van der Waals surface area (Å²) >= 11 is 0. The normalized spacial score (nSPS) is 11.2. The molecule has 0 aliphatic heterocycles. The average molecular weight is 301 g/mol. The highest BCUT2D eigenvalue weighted by atomic mass is 16.5. The Labute approximate surface area is 129 Å². The van der Waals surface area contributed by atoms with E-state index in [1.54, 1.807) is 19.4 Å². The highest BCUT2D eigenvalue weighted by Crippen LogP contribution is 2.15. The fourth-order valence-corrected chi connectivity index (χ4v) is 1.78. The Hall–Kier alpha value is -2.76. The minimum atomic E-state index is -0.426. The van der Waals surface area contributed by atoms with E-state index in [9.17, 15) is 4.79 Å². The first-order valence-corrected chi connectivity index (χ1v) is 6.97. The number of hydrogen-bond donors (Lipinski definition) is 1. The quantitative estimate of drug-likeness (QED) is 0.481. The molecule has 0 atom stereocenters. The molecule has 1 aromatic carbocycles. The summed E-state index contributed by atoms with van der Waals surface area (Å²) in [5.41, 5.74) is 6.82. The molecule has 0 saturated carbocycles. The largest absolute Gasteiger partial charge is 0.493 e. The van der Waals surface area contributed by atoms with Crippen molar-refractivity contribution < 1.29 is 14.3 Å². The van der Waals surface area contributed by atoms with Gasteiger partial charge in [-0.25, -0.2) is 9.78 Å². The van der Waals surface area contributed by atoms with E-state index in [0.29, 0.717) is 25.3 Å². The van der Waals surface area contributed by atoms with E-state index in [0.717, 1.165) is 11.4 Å². The number of carbonyl (C=O) groups is 1. The smallest absolute Gasteiger partial charge is 0.332 e. The summed E-state index contributed by atoms with van der Waals surface area (Å²) in [6.45, 7) is 2.41. The second kappa shape index (κ2) is 7.87. The van der Waals surface area contributed by atoms with Crippen LogP contribution in [0.5, 0.6) is 5.75 Å². The van der Waals surface area contributed by atoms with Gasteiger partial charge in [-0.1, -0.05) is 0 Å². The van der Waals surface area contributed by atoms with Crippen LogP contribution in [0.25, 0.3) is 5.69 Å². The van der Waals surface area contributed by atoms with E-state index < -0.39 is 5.97 Å². The summed E-state index contributed by atoms with van der Waals surface area (Å²) in [5, 5.41) is 0. The zero-order chi connectivity index (χ0) is 15.8. The maximum absolute atomic E-state index is 11.2. The lowest BCUT2D eigenvalue weighted by molar-refractivity contribution is -0.138. The van der Waals surface area contributed by atoms with Gasteiger partial charge in [-0.15, -0.1) is 0 Å². The molecule has 2 rings (SSSR count). The molecule has 116 valence electrons. The highest BCUT2D eigenvalue weighted by molar-refractivity contribution is 5.82. The summed E-state index contributed by atoms with van der Waals surface area (Å²) in [4.78, 5) is 15.2. The van der Waals surface area contributed by atoms with Gasteiger partial charge in [0.15, 0.2) is 0 Å². The van der Waals surface area contributed by atoms with Crippen molar-refractivity contribution in [2.75, 3.05) is 13.2 Å². The first-order chi connectivity index (χ1) is 10.6. The van der Waals surface area contributed by atoms with E-state index in [1.165, 1.54) is 6.08 Å². The van der Waals surface area contributed by atoms with E-state index in [-0.39, 0.29) is 0 Å². The lowest BCUT2D eigenvalue weighted by Crippen LogP contribution is -2.08. The number of aromatic nitrogens is 2. The van der Waals surface area contributed by atoms with Gasteiger partial charge in [0.05, 0.1) is 19.5 Å². The van der Waals surface area contributed by atoms with Crippen LogP contribution in [0.2, 0.25) is 0 Å². The molecule has 2 N–H and O–H groups in total. The van der Waals surface area contributed by atoms with Gasteiger partial charge in [0.2, 0.25) is 0 Å². The SMILES string of the molecule is C/C(N)=C/C(=O)OCCCOc1ccc(-n2ccnc2)cc1. The average Bonchev–Trinajstić information content (AvgIpc) is 3.01. The Balaban J connectivity index is 1.69. The molecule has 0 unspecified atom stereocenters. The molecule has 0 aliphatic carbocycles. The summed E-state index contributed by atoms with van der Waals surface area (Å²) in [6, 6.07) is 7.68. The first kappa shape index (κ1) is 15.6. The van der Waals surface area contributed by atoms with Gasteiger partial charge in [-0.2, -0.15) is 0 Å². The first-order valence-electron chi connectivity index (χ1n) is 6.97. The van der Waals surface area contributed by atoms with E-state index >= 15 is 0 Å². The van der Waals surface area contributed by atoms with E-state index in [4.69, 9.17) is 15.2 Å². The lowest BCUT2D eigenvalue weighted by atomic mass is 10.3. The van der Waals surface area contributed by atoms with Crippen LogP contribution in [0.15, 0.2) is 54.8 Å². The topological polar surface area (TPSA) is 79.4 Å². The van der Waals surface area contributed by atoms with Crippen molar-refractivity contribution in [1.29, 1.82) is 0 Å². The minimum Gasteiger partial charge on any atom is -0.493 e. The number of carbonyl (C=O) groups excluding carboxylic acids is 1. The van der Waals surface area contributed by atoms with Crippen molar-refractivity contribution >= 4 is 5.97 Å². The fraction of sp³-hybridized carbons (Fsp3) is 0.250. The summed E-state index contributed by atoms with van der Waals surface area (Å²) in [5.74, 6) is 0.345. The molecule has 1 heterocycles. The molecule has 0 radical (unpaired) electrons. The number of allylic oxidation sites excluding steroid dienone is 1. The van der Waals surface area contributed by atoms with Crippen LogP contribution in [0, 0.1) is 0 Å². The van der Waals surface area contributed by atoms with Crippen LogP contribution in [0.3, 0.4) is 0 Å². The number of imidazole rings is 1. The molecule has 0 amide bonds. The Morgan fingerprint density at radius 1 is 1.32 bits per heavy atom. The van der Waals surface area contributed by atoms with E-state index in [1.807, 2.05) is 35.0 Å². The Kier molecular flexibility index (Phi) is 5.59. The number of nitrogens with two attached hydrogens (primary N) is 1. The van der Waals surface area contributed by atoms with Crippen molar-refractivity contribution in [3.8, 4) is 11.4 Å². The van der Waals surface area contributed by atoms with Gasteiger partial charge < -0.3 is 19.8 Å². The van der Waals surface area contributed by atoms with Crippen LogP contribution in [-0.2, 0) is 9.53 Å². The van der Waals surface area contributed by atoms with Gasteiger partial charge >= 0.3 is 5.97 Å². The highest BCUT2D eigenvalue weighted by Gasteiger charge is 2.00. The molecule has 1 aromatic heterocycles. The molecular weight excluding hydrogens is 282 g/mol. The van der Waals surface area contributed by atoms with Crippen molar-refractivity contribution in [3.05, 3.63) is 54.8 Å². The molecular formula is C16H19N3O3. The predicted molar refractivity (Wildman–Crippen MR) is 82.6 cm³/mol. The molecule has 6 nitrogen and oxygen atoms in total. The maximum Gasteiger partial charge on any atom is 0.332 e. The van der Waals surface area contributed by atoms with Gasteiger partial charge in [0.1, 0.15) is 5.75 Å². The van der Waals surface area contributed by atoms with Gasteiger partial charge in [-0.05, 0) is 31.2 Å². The number of esters is 1. The van der Waals surface area contributed by atoms with Gasteiger partial charge in [-0.3, -0.25) is 0 Å². The van der Waals surface area contributed by atoms with Crippen molar-refractivity contribution in [2.45, 2.75) is 13.3 Å². The van der Waals surface area contributed by atoms with Crippen molar-refractivity contribution in [2.24, 2.45) is 5.73 Å². The third kappa shape index (κ3) is 4.97. The van der Waals surface area contributed by atoms with E-state index in [2.05, 4.69) is 4.98 Å². The fourth-order valence-electron chi connectivity index (χ4n) is 1.78.